The summed E-state index contributed by atoms with van der Waals surface area (Å²) in [6.45, 7) is 1.69. The summed E-state index contributed by atoms with van der Waals surface area (Å²) < 4.78 is 1.81. The van der Waals surface area contributed by atoms with E-state index in [4.69, 9.17) is 5.73 Å². The lowest BCUT2D eigenvalue weighted by Crippen LogP contribution is -2.35. The van der Waals surface area contributed by atoms with Gasteiger partial charge in [0.05, 0.1) is 24.3 Å². The van der Waals surface area contributed by atoms with Gasteiger partial charge in [-0.1, -0.05) is 18.2 Å². The number of hydrogen-bond donors (Lipinski definition) is 2. The van der Waals surface area contributed by atoms with Gasteiger partial charge in [0.15, 0.2) is 5.69 Å². The molecule has 1 aliphatic heterocycles. The summed E-state index contributed by atoms with van der Waals surface area (Å²) >= 11 is 0. The van der Waals surface area contributed by atoms with Crippen LogP contribution in [0.4, 0.5) is 11.5 Å². The number of nitrogens with two attached hydrogens (primary N) is 1. The third-order valence-corrected chi connectivity index (χ3v) is 4.41. The number of anilines is 2. The highest BCUT2D eigenvalue weighted by atomic mass is 16.2. The fourth-order valence-electron chi connectivity index (χ4n) is 3.12. The summed E-state index contributed by atoms with van der Waals surface area (Å²) in [7, 11) is 0. The molecule has 0 radical (unpaired) electrons. The molecule has 1 aliphatic rings. The molecule has 1 aromatic carbocycles. The lowest BCUT2D eigenvalue weighted by Gasteiger charge is -2.29. The van der Waals surface area contributed by atoms with Gasteiger partial charge in [0.2, 0.25) is 0 Å². The summed E-state index contributed by atoms with van der Waals surface area (Å²) in [4.78, 5) is 30.4. The number of carbonyl (C=O) groups excluding carboxylic acids is 2. The number of rotatable bonds is 4. The van der Waals surface area contributed by atoms with Crippen molar-refractivity contribution in [3.63, 3.8) is 0 Å². The zero-order valence-electron chi connectivity index (χ0n) is 14.5. The van der Waals surface area contributed by atoms with Gasteiger partial charge in [-0.3, -0.25) is 14.3 Å². The number of carbonyl (C=O) groups is 2. The first-order valence-electron chi connectivity index (χ1n) is 8.55. The molecule has 0 aliphatic carbocycles. The van der Waals surface area contributed by atoms with Gasteiger partial charge >= 0.3 is 0 Å². The van der Waals surface area contributed by atoms with E-state index in [0.717, 1.165) is 11.4 Å². The van der Waals surface area contributed by atoms with Crippen molar-refractivity contribution in [3.05, 3.63) is 71.7 Å². The van der Waals surface area contributed by atoms with E-state index in [2.05, 4.69) is 15.4 Å². The predicted molar refractivity (Wildman–Crippen MR) is 100 cm³/mol. The highest BCUT2D eigenvalue weighted by molar-refractivity contribution is 6.03. The van der Waals surface area contributed by atoms with E-state index in [1.54, 1.807) is 24.4 Å². The fourth-order valence-corrected chi connectivity index (χ4v) is 3.12. The minimum atomic E-state index is -0.514. The molecule has 0 spiro atoms. The van der Waals surface area contributed by atoms with E-state index in [1.165, 1.54) is 0 Å². The Morgan fingerprint density at radius 2 is 1.89 bits per heavy atom. The number of primary amides is 1. The molecule has 2 aromatic heterocycles. The molecule has 4 rings (SSSR count). The first kappa shape index (κ1) is 16.8. The van der Waals surface area contributed by atoms with Crippen LogP contribution in [0.25, 0.3) is 0 Å². The topological polar surface area (TPSA) is 106 Å². The van der Waals surface area contributed by atoms with Crippen molar-refractivity contribution in [2.24, 2.45) is 5.73 Å². The van der Waals surface area contributed by atoms with Crippen LogP contribution in [0.5, 0.6) is 0 Å². The van der Waals surface area contributed by atoms with Gasteiger partial charge in [0.1, 0.15) is 5.82 Å². The number of hydrogen-bond acceptors (Lipinski definition) is 5. The zero-order chi connectivity index (χ0) is 18.8. The average molecular weight is 362 g/mol. The van der Waals surface area contributed by atoms with Crippen LogP contribution in [0.2, 0.25) is 0 Å². The maximum absolute atomic E-state index is 12.5. The van der Waals surface area contributed by atoms with Gasteiger partial charge < -0.3 is 16.0 Å². The van der Waals surface area contributed by atoms with Crippen LogP contribution in [-0.2, 0) is 13.1 Å². The van der Waals surface area contributed by atoms with Gasteiger partial charge in [0, 0.05) is 18.4 Å². The van der Waals surface area contributed by atoms with E-state index in [1.807, 2.05) is 39.9 Å². The molecular weight excluding hydrogens is 344 g/mol. The van der Waals surface area contributed by atoms with Gasteiger partial charge in [-0.25, -0.2) is 4.98 Å². The molecule has 0 saturated heterocycles. The number of nitrogens with zero attached hydrogens (tertiary/aromatic N) is 4. The van der Waals surface area contributed by atoms with Crippen LogP contribution in [0.15, 0.2) is 54.7 Å². The summed E-state index contributed by atoms with van der Waals surface area (Å²) in [6.07, 6.45) is 1.63. The first-order valence-corrected chi connectivity index (χ1v) is 8.55. The summed E-state index contributed by atoms with van der Waals surface area (Å²) in [5.74, 6) is -0.224. The molecule has 3 N–H and O–H groups in total. The average Bonchev–Trinajstić information content (AvgIpc) is 3.12. The molecular formula is C19H18N6O2. The van der Waals surface area contributed by atoms with Crippen molar-refractivity contribution in [1.29, 1.82) is 0 Å². The number of nitrogens with one attached hydrogen (secondary N) is 1. The van der Waals surface area contributed by atoms with E-state index in [0.29, 0.717) is 36.7 Å². The molecule has 8 heteroatoms. The molecule has 2 amide bonds. The Balaban J connectivity index is 1.55. The molecule has 27 heavy (non-hydrogen) atoms. The van der Waals surface area contributed by atoms with Crippen LogP contribution >= 0.6 is 0 Å². The Hall–Kier alpha value is -3.68. The quantitative estimate of drug-likeness (QED) is 0.734. The number of fused-ring (bicyclic) bond motifs is 1. The van der Waals surface area contributed by atoms with Crippen molar-refractivity contribution in [2.75, 3.05) is 16.8 Å². The molecule has 0 saturated carbocycles. The van der Waals surface area contributed by atoms with E-state index < -0.39 is 5.91 Å². The lowest BCUT2D eigenvalue weighted by molar-refractivity contribution is 0.0997. The number of benzene rings is 1. The van der Waals surface area contributed by atoms with E-state index in [9.17, 15) is 9.59 Å². The Kier molecular flexibility index (Phi) is 4.29. The van der Waals surface area contributed by atoms with Gasteiger partial charge in [-0.15, -0.1) is 0 Å². The number of pyridine rings is 1. The number of amides is 2. The van der Waals surface area contributed by atoms with E-state index in [-0.39, 0.29) is 5.91 Å². The van der Waals surface area contributed by atoms with Gasteiger partial charge in [-0.05, 0) is 30.3 Å². The van der Waals surface area contributed by atoms with Crippen LogP contribution in [-0.4, -0.2) is 33.1 Å². The monoisotopic (exact) mass is 362 g/mol. The normalized spacial score (nSPS) is 13.1. The maximum Gasteiger partial charge on any atom is 0.276 e. The summed E-state index contributed by atoms with van der Waals surface area (Å²) in [5.41, 5.74) is 7.79. The van der Waals surface area contributed by atoms with Gasteiger partial charge in [0.25, 0.3) is 11.8 Å². The molecule has 3 aromatic rings. The first-order chi connectivity index (χ1) is 13.1. The fraction of sp³-hybridized carbons (Fsp3) is 0.158. The van der Waals surface area contributed by atoms with E-state index >= 15 is 0 Å². The molecule has 3 heterocycles. The van der Waals surface area contributed by atoms with Crippen molar-refractivity contribution >= 4 is 23.3 Å². The number of aromatic nitrogens is 3. The van der Waals surface area contributed by atoms with Crippen LogP contribution in [0, 0.1) is 0 Å². The smallest absolute Gasteiger partial charge is 0.276 e. The Bertz CT molecular complexity index is 998. The van der Waals surface area contributed by atoms with Crippen molar-refractivity contribution in [1.82, 2.24) is 14.8 Å². The molecule has 0 unspecified atom stereocenters. The van der Waals surface area contributed by atoms with Crippen molar-refractivity contribution in [2.45, 2.75) is 13.1 Å². The zero-order valence-corrected chi connectivity index (χ0v) is 14.5. The Morgan fingerprint density at radius 3 is 2.67 bits per heavy atom. The second kappa shape index (κ2) is 6.91. The second-order valence-electron chi connectivity index (χ2n) is 6.22. The summed E-state index contributed by atoms with van der Waals surface area (Å²) in [5, 5.41) is 7.23. The van der Waals surface area contributed by atoms with Crippen LogP contribution in [0.1, 0.15) is 26.5 Å². The predicted octanol–water partition coefficient (Wildman–Crippen LogP) is 1.65. The standard InChI is InChI=1S/C19H18N6O2/c20-17(26)15-7-4-8-21-18(15)24-9-10-25-14(12-24)11-16(23-25)19(27)22-13-5-2-1-3-6-13/h1-8,11H,9-10,12H2,(H2,20,26)(H,22,27). The van der Waals surface area contributed by atoms with Crippen molar-refractivity contribution < 1.29 is 9.59 Å². The third kappa shape index (κ3) is 3.37. The summed E-state index contributed by atoms with van der Waals surface area (Å²) in [6, 6.07) is 14.3. The largest absolute Gasteiger partial charge is 0.365 e. The maximum atomic E-state index is 12.5. The van der Waals surface area contributed by atoms with Crippen molar-refractivity contribution in [3.8, 4) is 0 Å². The third-order valence-electron chi connectivity index (χ3n) is 4.41. The SMILES string of the molecule is NC(=O)c1cccnc1N1CCn2nc(C(=O)Nc3ccccc3)cc2C1. The highest BCUT2D eigenvalue weighted by Gasteiger charge is 2.24. The Labute approximate surface area is 155 Å². The number of para-hydroxylation sites is 1. The molecule has 136 valence electrons. The second-order valence-corrected chi connectivity index (χ2v) is 6.22. The van der Waals surface area contributed by atoms with Crippen LogP contribution in [0.3, 0.4) is 0 Å². The minimum Gasteiger partial charge on any atom is -0.365 e. The molecule has 0 atom stereocenters. The molecule has 0 bridgehead atoms. The molecule has 8 nitrogen and oxygen atoms in total. The van der Waals surface area contributed by atoms with Crippen LogP contribution < -0.4 is 16.0 Å². The Morgan fingerprint density at radius 1 is 1.07 bits per heavy atom. The highest BCUT2D eigenvalue weighted by Crippen LogP contribution is 2.23. The molecule has 0 fully saturated rings. The lowest BCUT2D eigenvalue weighted by atomic mass is 10.2. The minimum absolute atomic E-state index is 0.259. The van der Waals surface area contributed by atoms with Gasteiger partial charge in [-0.2, -0.15) is 5.10 Å².